The predicted octanol–water partition coefficient (Wildman–Crippen LogP) is 1.74. The fourth-order valence-electron chi connectivity index (χ4n) is 1.26. The maximum Gasteiger partial charge on any atom is 0.120 e. The van der Waals surface area contributed by atoms with Gasteiger partial charge in [0.15, 0.2) is 0 Å². The fraction of sp³-hybridized carbons (Fsp3) is 0.667. The van der Waals surface area contributed by atoms with Gasteiger partial charge in [0.1, 0.15) is 6.10 Å². The third-order valence-electron chi connectivity index (χ3n) is 1.93. The summed E-state index contributed by atoms with van der Waals surface area (Å²) in [6.45, 7) is 5.54. The van der Waals surface area contributed by atoms with Crippen molar-refractivity contribution in [3.05, 3.63) is 16.4 Å². The first-order valence-corrected chi connectivity index (χ1v) is 5.47. The van der Waals surface area contributed by atoms with Crippen molar-refractivity contribution in [1.29, 1.82) is 0 Å². The van der Waals surface area contributed by atoms with Crippen LogP contribution in [0.25, 0.3) is 0 Å². The van der Waals surface area contributed by atoms with Gasteiger partial charge in [-0.2, -0.15) is 5.10 Å². The molecule has 4 nitrogen and oxygen atoms in total. The molecule has 0 fully saturated rings. The number of aliphatic hydroxyl groups is 1. The summed E-state index contributed by atoms with van der Waals surface area (Å²) < 4.78 is 7.74. The molecule has 0 aliphatic carbocycles. The predicted molar refractivity (Wildman–Crippen MR) is 57.1 cm³/mol. The summed E-state index contributed by atoms with van der Waals surface area (Å²) in [4.78, 5) is 0. The van der Waals surface area contributed by atoms with Crippen molar-refractivity contribution < 1.29 is 9.84 Å². The molecule has 0 saturated heterocycles. The first kappa shape index (κ1) is 11.7. The van der Waals surface area contributed by atoms with Crippen molar-refractivity contribution in [1.82, 2.24) is 9.78 Å². The van der Waals surface area contributed by atoms with E-state index in [2.05, 4.69) is 21.0 Å². The molecule has 80 valence electrons. The molecule has 1 aromatic rings. The van der Waals surface area contributed by atoms with Crippen LogP contribution >= 0.6 is 15.9 Å². The Morgan fingerprint density at radius 2 is 2.36 bits per heavy atom. The summed E-state index contributed by atoms with van der Waals surface area (Å²) in [6.07, 6.45) is 1.07. The Bertz CT molecular complexity index is 288. The van der Waals surface area contributed by atoms with Crippen LogP contribution in [0.5, 0.6) is 0 Å². The molecule has 1 atom stereocenters. The highest BCUT2D eigenvalue weighted by Gasteiger charge is 2.16. The molecule has 5 heteroatoms. The van der Waals surface area contributed by atoms with Crippen LogP contribution in [0.15, 0.2) is 10.7 Å². The van der Waals surface area contributed by atoms with Gasteiger partial charge >= 0.3 is 0 Å². The molecule has 14 heavy (non-hydrogen) atoms. The van der Waals surface area contributed by atoms with Gasteiger partial charge in [0.05, 0.1) is 23.0 Å². The molecule has 1 rings (SSSR count). The van der Waals surface area contributed by atoms with Crippen LogP contribution < -0.4 is 0 Å². The lowest BCUT2D eigenvalue weighted by molar-refractivity contribution is 0.0369. The van der Waals surface area contributed by atoms with Crippen LogP contribution in [-0.2, 0) is 11.3 Å². The lowest BCUT2D eigenvalue weighted by Gasteiger charge is -2.12. The molecule has 0 amide bonds. The van der Waals surface area contributed by atoms with Crippen LogP contribution in [0.1, 0.15) is 25.6 Å². The van der Waals surface area contributed by atoms with Crippen molar-refractivity contribution in [3.63, 3.8) is 0 Å². The molecule has 0 aromatic carbocycles. The van der Waals surface area contributed by atoms with E-state index in [1.165, 1.54) is 0 Å². The van der Waals surface area contributed by atoms with E-state index in [-0.39, 0.29) is 0 Å². The zero-order valence-electron chi connectivity index (χ0n) is 8.40. The van der Waals surface area contributed by atoms with Crippen molar-refractivity contribution in [2.45, 2.75) is 26.5 Å². The smallest absolute Gasteiger partial charge is 0.120 e. The maximum absolute atomic E-state index is 9.82. The summed E-state index contributed by atoms with van der Waals surface area (Å²) in [6, 6.07) is 0. The second kappa shape index (κ2) is 5.48. The van der Waals surface area contributed by atoms with Crippen molar-refractivity contribution in [3.8, 4) is 0 Å². The Morgan fingerprint density at radius 1 is 1.64 bits per heavy atom. The van der Waals surface area contributed by atoms with Crippen LogP contribution in [-0.4, -0.2) is 28.1 Å². The Morgan fingerprint density at radius 3 is 2.93 bits per heavy atom. The molecule has 0 radical (unpaired) electrons. The van der Waals surface area contributed by atoms with Crippen LogP contribution in [0.4, 0.5) is 0 Å². The highest BCUT2D eigenvalue weighted by molar-refractivity contribution is 9.10. The van der Waals surface area contributed by atoms with Gasteiger partial charge < -0.3 is 9.84 Å². The van der Waals surface area contributed by atoms with E-state index in [1.54, 1.807) is 10.9 Å². The minimum Gasteiger partial charge on any atom is -0.384 e. The molecular weight excluding hydrogens is 248 g/mol. The Balaban J connectivity index is 2.76. The molecule has 1 heterocycles. The van der Waals surface area contributed by atoms with Gasteiger partial charge in [-0.1, -0.05) is 0 Å². The highest BCUT2D eigenvalue weighted by atomic mass is 79.9. The van der Waals surface area contributed by atoms with Crippen LogP contribution in [0, 0.1) is 0 Å². The third kappa shape index (κ3) is 2.56. The maximum atomic E-state index is 9.82. The Hall–Kier alpha value is -0.390. The highest BCUT2D eigenvalue weighted by Crippen LogP contribution is 2.23. The molecule has 1 aromatic heterocycles. The molecule has 0 aliphatic heterocycles. The fourth-order valence-corrected chi connectivity index (χ4v) is 1.82. The van der Waals surface area contributed by atoms with Crippen LogP contribution in [0.2, 0.25) is 0 Å². The van der Waals surface area contributed by atoms with Crippen molar-refractivity contribution >= 4 is 15.9 Å². The largest absolute Gasteiger partial charge is 0.384 e. The van der Waals surface area contributed by atoms with E-state index < -0.39 is 6.10 Å². The summed E-state index contributed by atoms with van der Waals surface area (Å²) in [7, 11) is 0. The summed E-state index contributed by atoms with van der Waals surface area (Å²) in [5.74, 6) is 0. The second-order valence-corrected chi connectivity index (χ2v) is 3.72. The molecule has 0 saturated carbocycles. The first-order chi connectivity index (χ1) is 6.70. The number of aryl methyl sites for hydroxylation is 1. The van der Waals surface area contributed by atoms with Gasteiger partial charge in [-0.3, -0.25) is 4.68 Å². The van der Waals surface area contributed by atoms with Crippen molar-refractivity contribution in [2.75, 3.05) is 13.2 Å². The minimum atomic E-state index is -0.619. The first-order valence-electron chi connectivity index (χ1n) is 4.67. The zero-order chi connectivity index (χ0) is 10.6. The average molecular weight is 263 g/mol. The summed E-state index contributed by atoms with van der Waals surface area (Å²) >= 11 is 3.35. The summed E-state index contributed by atoms with van der Waals surface area (Å²) in [5, 5.41) is 13.9. The zero-order valence-corrected chi connectivity index (χ0v) is 9.99. The Kier molecular flexibility index (Phi) is 4.57. The molecule has 1 N–H and O–H groups in total. The minimum absolute atomic E-state index is 0.306. The Labute approximate surface area is 92.0 Å². The van der Waals surface area contributed by atoms with Gasteiger partial charge in [0.2, 0.25) is 0 Å². The van der Waals surface area contributed by atoms with E-state index in [4.69, 9.17) is 4.74 Å². The van der Waals surface area contributed by atoms with Crippen molar-refractivity contribution in [2.24, 2.45) is 0 Å². The topological polar surface area (TPSA) is 47.3 Å². The standard InChI is InChI=1S/C9H15BrN2O2/c1-3-12-9(7(10)5-11-12)8(13)6-14-4-2/h5,8,13H,3-4,6H2,1-2H3. The lowest BCUT2D eigenvalue weighted by Crippen LogP contribution is -2.13. The molecule has 0 bridgehead atoms. The van der Waals surface area contributed by atoms with E-state index >= 15 is 0 Å². The van der Waals surface area contributed by atoms with Gasteiger partial charge in [-0.05, 0) is 29.8 Å². The van der Waals surface area contributed by atoms with E-state index in [0.29, 0.717) is 13.2 Å². The van der Waals surface area contributed by atoms with Gasteiger partial charge in [0.25, 0.3) is 0 Å². The molecule has 0 spiro atoms. The molecule has 1 unspecified atom stereocenters. The van der Waals surface area contributed by atoms with E-state index in [1.807, 2.05) is 13.8 Å². The second-order valence-electron chi connectivity index (χ2n) is 2.87. The number of hydrogen-bond acceptors (Lipinski definition) is 3. The lowest BCUT2D eigenvalue weighted by atomic mass is 10.2. The number of rotatable bonds is 5. The monoisotopic (exact) mass is 262 g/mol. The number of aromatic nitrogens is 2. The molecule has 0 aliphatic rings. The number of nitrogens with zero attached hydrogens (tertiary/aromatic N) is 2. The van der Waals surface area contributed by atoms with Gasteiger partial charge in [0, 0.05) is 13.2 Å². The summed E-state index contributed by atoms with van der Waals surface area (Å²) in [5.41, 5.74) is 0.779. The van der Waals surface area contributed by atoms with E-state index in [0.717, 1.165) is 16.7 Å². The van der Waals surface area contributed by atoms with E-state index in [9.17, 15) is 5.11 Å². The quantitative estimate of drug-likeness (QED) is 0.880. The SMILES string of the molecule is CCOCC(O)c1c(Br)cnn1CC. The van der Waals surface area contributed by atoms with Gasteiger partial charge in [-0.25, -0.2) is 0 Å². The third-order valence-corrected chi connectivity index (χ3v) is 2.54. The number of halogens is 1. The number of aliphatic hydroxyl groups excluding tert-OH is 1. The molecular formula is C9H15BrN2O2. The number of hydrogen-bond donors (Lipinski definition) is 1. The average Bonchev–Trinajstić information content (AvgIpc) is 2.56. The normalized spacial score (nSPS) is 13.1. The van der Waals surface area contributed by atoms with Gasteiger partial charge in [-0.15, -0.1) is 0 Å². The van der Waals surface area contributed by atoms with Crippen LogP contribution in [0.3, 0.4) is 0 Å². The number of ether oxygens (including phenoxy) is 1.